The van der Waals surface area contributed by atoms with E-state index in [0.717, 1.165) is 0 Å². The number of anilines is 1. The van der Waals surface area contributed by atoms with E-state index in [1.165, 1.54) is 0 Å². The Bertz CT molecular complexity index is 667. The van der Waals surface area contributed by atoms with Gasteiger partial charge in [0.05, 0.1) is 11.7 Å². The monoisotopic (exact) mass is 411 g/mol. The normalized spacial score (nSPS) is 32.9. The molecule has 1 aromatic carbocycles. The van der Waals surface area contributed by atoms with E-state index in [0.29, 0.717) is 11.4 Å². The van der Waals surface area contributed by atoms with Gasteiger partial charge in [0, 0.05) is 12.5 Å². The SMILES string of the molecule is CC(C)[C@H](C)C(O)N[C@@H](C)C(O)N[C@H]1CC(O)OC1(O)C1Nc2ccccc2O1. The number of aliphatic hydroxyl groups is 4. The van der Waals surface area contributed by atoms with E-state index in [2.05, 4.69) is 16.0 Å². The summed E-state index contributed by atoms with van der Waals surface area (Å²) in [6.07, 6.45) is -4.02. The first kappa shape index (κ1) is 22.2. The van der Waals surface area contributed by atoms with Gasteiger partial charge in [0.15, 0.2) is 6.29 Å². The Labute approximate surface area is 171 Å². The second-order valence-corrected chi connectivity index (χ2v) is 8.37. The average Bonchev–Trinajstić information content (AvgIpc) is 3.22. The Kier molecular flexibility index (Phi) is 6.69. The van der Waals surface area contributed by atoms with E-state index >= 15 is 0 Å². The molecule has 0 radical (unpaired) electrons. The van der Waals surface area contributed by atoms with Gasteiger partial charge in [0.25, 0.3) is 0 Å². The van der Waals surface area contributed by atoms with Crippen LogP contribution < -0.4 is 20.7 Å². The summed E-state index contributed by atoms with van der Waals surface area (Å²) in [5, 5.41) is 50.9. The van der Waals surface area contributed by atoms with Crippen molar-refractivity contribution in [3.05, 3.63) is 24.3 Å². The molecular formula is C20H33N3O6. The standard InChI is InChI=1S/C20H33N3O6/c1-10(2)11(3)17(25)21-12(4)18(26)23-15-9-16(24)29-20(15,27)19-22-13-7-5-6-8-14(13)28-19/h5-8,10-12,15-19,21-27H,9H2,1-4H3/t11-,12-,15-,16?,17?,18?,19?,20?/m0/s1. The second kappa shape index (κ2) is 8.73. The molecule has 29 heavy (non-hydrogen) atoms. The zero-order chi connectivity index (χ0) is 21.3. The zero-order valence-electron chi connectivity index (χ0n) is 17.2. The minimum absolute atomic E-state index is 0.00666. The van der Waals surface area contributed by atoms with Crippen LogP contribution in [0.15, 0.2) is 24.3 Å². The van der Waals surface area contributed by atoms with E-state index < -0.39 is 42.8 Å². The highest BCUT2D eigenvalue weighted by Crippen LogP contribution is 2.40. The van der Waals surface area contributed by atoms with E-state index in [4.69, 9.17) is 9.47 Å². The second-order valence-electron chi connectivity index (χ2n) is 8.37. The molecular weight excluding hydrogens is 378 g/mol. The fourth-order valence-electron chi connectivity index (χ4n) is 3.55. The highest BCUT2D eigenvalue weighted by molar-refractivity contribution is 5.60. The summed E-state index contributed by atoms with van der Waals surface area (Å²) in [5.41, 5.74) is 0.705. The molecule has 7 N–H and O–H groups in total. The van der Waals surface area contributed by atoms with Crippen LogP contribution in [0.3, 0.4) is 0 Å². The molecule has 2 aliphatic heterocycles. The maximum Gasteiger partial charge on any atom is 0.241 e. The topological polar surface area (TPSA) is 135 Å². The van der Waals surface area contributed by atoms with E-state index in [-0.39, 0.29) is 18.3 Å². The lowest BCUT2D eigenvalue weighted by atomic mass is 9.96. The van der Waals surface area contributed by atoms with Crippen molar-refractivity contribution in [3.63, 3.8) is 0 Å². The molecule has 5 unspecified atom stereocenters. The predicted molar refractivity (Wildman–Crippen MR) is 107 cm³/mol. The minimum Gasteiger partial charge on any atom is -0.463 e. The molecule has 1 aromatic rings. The number of ether oxygens (including phenoxy) is 2. The molecule has 0 bridgehead atoms. The highest BCUT2D eigenvalue weighted by atomic mass is 16.7. The van der Waals surface area contributed by atoms with Crippen LogP contribution in [-0.2, 0) is 4.74 Å². The Hall–Kier alpha value is -1.46. The van der Waals surface area contributed by atoms with Crippen LogP contribution in [0.4, 0.5) is 5.69 Å². The van der Waals surface area contributed by atoms with Crippen LogP contribution in [0.5, 0.6) is 5.75 Å². The number of fused-ring (bicyclic) bond motifs is 1. The van der Waals surface area contributed by atoms with E-state index in [1.807, 2.05) is 39.0 Å². The lowest BCUT2D eigenvalue weighted by molar-refractivity contribution is -0.272. The third-order valence-electron chi connectivity index (χ3n) is 5.88. The van der Waals surface area contributed by atoms with Gasteiger partial charge >= 0.3 is 0 Å². The number of benzene rings is 1. The van der Waals surface area contributed by atoms with Gasteiger partial charge in [-0.25, -0.2) is 0 Å². The molecule has 3 rings (SSSR count). The van der Waals surface area contributed by atoms with Crippen LogP contribution in [0, 0.1) is 11.8 Å². The minimum atomic E-state index is -1.91. The zero-order valence-corrected chi connectivity index (χ0v) is 17.2. The summed E-state index contributed by atoms with van der Waals surface area (Å²) < 4.78 is 11.2. The summed E-state index contributed by atoms with van der Waals surface area (Å²) >= 11 is 0. The first-order valence-electron chi connectivity index (χ1n) is 10.1. The average molecular weight is 411 g/mol. The summed E-state index contributed by atoms with van der Waals surface area (Å²) in [5.74, 6) is -1.09. The molecule has 1 fully saturated rings. The summed E-state index contributed by atoms with van der Waals surface area (Å²) in [7, 11) is 0. The molecule has 9 heteroatoms. The number of nitrogens with one attached hydrogen (secondary N) is 3. The Balaban J connectivity index is 1.64. The number of hydrogen-bond acceptors (Lipinski definition) is 9. The molecule has 0 aromatic heterocycles. The molecule has 164 valence electrons. The van der Waals surface area contributed by atoms with Crippen molar-refractivity contribution < 1.29 is 29.9 Å². The van der Waals surface area contributed by atoms with Crippen molar-refractivity contribution >= 4 is 5.69 Å². The van der Waals surface area contributed by atoms with Crippen molar-refractivity contribution in [1.82, 2.24) is 10.6 Å². The van der Waals surface area contributed by atoms with Crippen molar-refractivity contribution in [2.24, 2.45) is 11.8 Å². The quantitative estimate of drug-likeness (QED) is 0.297. The third-order valence-corrected chi connectivity index (χ3v) is 5.88. The van der Waals surface area contributed by atoms with Crippen LogP contribution in [0.1, 0.15) is 34.1 Å². The lowest BCUT2D eigenvalue weighted by Gasteiger charge is -2.36. The predicted octanol–water partition coefficient (Wildman–Crippen LogP) is 0.110. The van der Waals surface area contributed by atoms with Crippen molar-refractivity contribution in [3.8, 4) is 5.75 Å². The summed E-state index contributed by atoms with van der Waals surface area (Å²) in [6.45, 7) is 7.67. The Morgan fingerprint density at radius 3 is 2.48 bits per heavy atom. The maximum atomic E-state index is 11.2. The van der Waals surface area contributed by atoms with E-state index in [1.54, 1.807) is 13.0 Å². The van der Waals surface area contributed by atoms with Gasteiger partial charge in [-0.3, -0.25) is 10.6 Å². The lowest BCUT2D eigenvalue weighted by Crippen LogP contribution is -2.63. The number of rotatable bonds is 8. The number of aliphatic hydroxyl groups excluding tert-OH is 3. The van der Waals surface area contributed by atoms with Crippen LogP contribution in [0.2, 0.25) is 0 Å². The first-order valence-corrected chi connectivity index (χ1v) is 10.1. The molecule has 9 nitrogen and oxygen atoms in total. The van der Waals surface area contributed by atoms with Crippen molar-refractivity contribution in [2.45, 2.75) is 77.0 Å². The fourth-order valence-corrected chi connectivity index (χ4v) is 3.55. The van der Waals surface area contributed by atoms with Crippen LogP contribution in [0.25, 0.3) is 0 Å². The molecule has 0 amide bonds. The van der Waals surface area contributed by atoms with Gasteiger partial charge in [0.1, 0.15) is 18.2 Å². The maximum absolute atomic E-state index is 11.2. The van der Waals surface area contributed by atoms with Crippen molar-refractivity contribution in [2.75, 3.05) is 5.32 Å². The number of hydrogen-bond donors (Lipinski definition) is 7. The molecule has 0 saturated carbocycles. The molecule has 1 saturated heterocycles. The molecule has 8 atom stereocenters. The molecule has 2 heterocycles. The van der Waals surface area contributed by atoms with Gasteiger partial charge in [-0.05, 0) is 30.9 Å². The molecule has 0 aliphatic carbocycles. The van der Waals surface area contributed by atoms with E-state index in [9.17, 15) is 20.4 Å². The Morgan fingerprint density at radius 1 is 1.14 bits per heavy atom. The first-order chi connectivity index (χ1) is 13.6. The van der Waals surface area contributed by atoms with Crippen LogP contribution in [-0.4, -0.2) is 63.3 Å². The van der Waals surface area contributed by atoms with Crippen molar-refractivity contribution in [1.29, 1.82) is 0 Å². The Morgan fingerprint density at radius 2 is 1.83 bits per heavy atom. The van der Waals surface area contributed by atoms with Gasteiger partial charge in [0.2, 0.25) is 12.0 Å². The van der Waals surface area contributed by atoms with Gasteiger partial charge in [-0.1, -0.05) is 32.9 Å². The smallest absolute Gasteiger partial charge is 0.241 e. The fraction of sp³-hybridized carbons (Fsp3) is 0.700. The van der Waals surface area contributed by atoms with Gasteiger partial charge in [-0.2, -0.15) is 0 Å². The summed E-state index contributed by atoms with van der Waals surface area (Å²) in [6, 6.07) is 5.88. The molecule has 2 aliphatic rings. The highest BCUT2D eigenvalue weighted by Gasteiger charge is 2.56. The van der Waals surface area contributed by atoms with Gasteiger partial charge in [-0.15, -0.1) is 0 Å². The molecule has 0 spiro atoms. The van der Waals surface area contributed by atoms with Gasteiger partial charge < -0.3 is 35.2 Å². The number of para-hydroxylation sites is 2. The third kappa shape index (κ3) is 4.66. The summed E-state index contributed by atoms with van der Waals surface area (Å²) in [4.78, 5) is 0. The van der Waals surface area contributed by atoms with Crippen LogP contribution >= 0.6 is 0 Å². The largest absolute Gasteiger partial charge is 0.463 e.